The molecule has 0 saturated carbocycles. The maximum Gasteiger partial charge on any atom is 0.239 e. The van der Waals surface area contributed by atoms with E-state index in [0.717, 1.165) is 0 Å². The molecular weight excluding hydrogens is 412 g/mol. The minimum Gasteiger partial charge on any atom is -0.463 e. The van der Waals surface area contributed by atoms with E-state index in [4.69, 9.17) is 20.4 Å². The van der Waals surface area contributed by atoms with Crippen molar-refractivity contribution in [2.45, 2.75) is 23.8 Å². The summed E-state index contributed by atoms with van der Waals surface area (Å²) in [6.45, 7) is 1.94. The highest BCUT2D eigenvalue weighted by molar-refractivity contribution is 8.00. The normalized spacial score (nSPS) is 12.1. The number of hydrogen-bond acceptors (Lipinski definition) is 6. The van der Waals surface area contributed by atoms with E-state index < -0.39 is 0 Å². The molecule has 1 amide bonds. The number of furan rings is 2. The number of nitrogens with one attached hydrogen (secondary N) is 2. The van der Waals surface area contributed by atoms with Crippen LogP contribution in [0, 0.1) is 0 Å². The second-order valence-electron chi connectivity index (χ2n) is 6.09. The summed E-state index contributed by atoms with van der Waals surface area (Å²) in [6.07, 6.45) is 5.28. The number of carbonyl (C=O) groups excluding carboxylic acids is 1. The van der Waals surface area contributed by atoms with E-state index in [1.807, 2.05) is 19.1 Å². The van der Waals surface area contributed by atoms with Gasteiger partial charge in [-0.1, -0.05) is 30.3 Å². The lowest BCUT2D eigenvalue weighted by Crippen LogP contribution is -2.25. The number of hydrogen-bond donors (Lipinski definition) is 2. The Morgan fingerprint density at radius 3 is 2.59 bits per heavy atom. The third-order valence-electron chi connectivity index (χ3n) is 4.10. The third-order valence-corrected chi connectivity index (χ3v) is 5.57. The number of nitrogens with zero attached hydrogens (tertiary/aromatic N) is 2. The smallest absolute Gasteiger partial charge is 0.239 e. The van der Waals surface area contributed by atoms with Gasteiger partial charge in [-0.25, -0.2) is 9.97 Å². The van der Waals surface area contributed by atoms with Gasteiger partial charge >= 0.3 is 0 Å². The van der Waals surface area contributed by atoms with Crippen LogP contribution in [0.25, 0.3) is 22.9 Å². The predicted molar refractivity (Wildman–Crippen MR) is 112 cm³/mol. The first kappa shape index (κ1) is 19.4. The number of anilines is 1. The van der Waals surface area contributed by atoms with Crippen molar-refractivity contribution in [2.24, 2.45) is 0 Å². The lowest BCUT2D eigenvalue weighted by Gasteiger charge is -2.12. The lowest BCUT2D eigenvalue weighted by atomic mass is 10.2. The average molecular weight is 429 g/mol. The van der Waals surface area contributed by atoms with Crippen molar-refractivity contribution < 1.29 is 13.6 Å². The highest BCUT2D eigenvalue weighted by atomic mass is 35.5. The molecule has 0 aliphatic carbocycles. The summed E-state index contributed by atoms with van der Waals surface area (Å²) < 4.78 is 11.0. The van der Waals surface area contributed by atoms with Crippen LogP contribution in [0.2, 0.25) is 5.02 Å². The molecule has 1 unspecified atom stereocenters. The standard InChI is InChI=1S/C20H17ClN4O3S/c1-2-15(19(26)23-16-8-7-12(21)11-22-16)29-20-24-17(13-5-3-9-27-13)18(25-20)14-6-4-10-28-14/h3-11,15H,2H2,1H3,(H,24,25)(H,22,23,26). The molecule has 9 heteroatoms. The molecule has 0 fully saturated rings. The van der Waals surface area contributed by atoms with Crippen LogP contribution in [0.5, 0.6) is 0 Å². The minimum atomic E-state index is -0.368. The van der Waals surface area contributed by atoms with Crippen molar-refractivity contribution in [3.05, 3.63) is 60.1 Å². The largest absolute Gasteiger partial charge is 0.463 e. The molecule has 4 rings (SSSR count). The molecule has 0 aromatic carbocycles. The molecule has 0 radical (unpaired) electrons. The number of carbonyl (C=O) groups is 1. The SMILES string of the molecule is CCC(Sc1nc(-c2ccco2)c(-c2ccco2)[nH]1)C(=O)Nc1ccc(Cl)cn1. The van der Waals surface area contributed by atoms with Crippen molar-refractivity contribution in [3.63, 3.8) is 0 Å². The second-order valence-corrected chi connectivity index (χ2v) is 7.71. The number of H-pyrrole nitrogens is 1. The van der Waals surface area contributed by atoms with E-state index in [0.29, 0.717) is 45.3 Å². The maximum absolute atomic E-state index is 12.7. The monoisotopic (exact) mass is 428 g/mol. The Kier molecular flexibility index (Phi) is 5.73. The van der Waals surface area contributed by atoms with Crippen molar-refractivity contribution in [2.75, 3.05) is 5.32 Å². The number of imidazole rings is 1. The number of aromatic nitrogens is 3. The van der Waals surface area contributed by atoms with Crippen LogP contribution >= 0.6 is 23.4 Å². The molecule has 148 valence electrons. The van der Waals surface area contributed by atoms with Gasteiger partial charge in [0.05, 0.1) is 22.8 Å². The first-order valence-electron chi connectivity index (χ1n) is 8.91. The number of halogens is 1. The van der Waals surface area contributed by atoms with E-state index in [9.17, 15) is 4.79 Å². The predicted octanol–water partition coefficient (Wildman–Crippen LogP) is 5.49. The van der Waals surface area contributed by atoms with Gasteiger partial charge in [0.15, 0.2) is 16.7 Å². The van der Waals surface area contributed by atoms with E-state index in [1.165, 1.54) is 18.0 Å². The molecule has 4 aromatic heterocycles. The van der Waals surface area contributed by atoms with Gasteiger partial charge in [0, 0.05) is 6.20 Å². The van der Waals surface area contributed by atoms with Crippen LogP contribution in [0.1, 0.15) is 13.3 Å². The summed E-state index contributed by atoms with van der Waals surface area (Å²) in [5.41, 5.74) is 1.32. The minimum absolute atomic E-state index is 0.164. The summed E-state index contributed by atoms with van der Waals surface area (Å²) in [6, 6.07) is 10.6. The summed E-state index contributed by atoms with van der Waals surface area (Å²) in [5.74, 6) is 1.54. The van der Waals surface area contributed by atoms with Crippen LogP contribution in [-0.4, -0.2) is 26.1 Å². The second kappa shape index (κ2) is 8.59. The first-order chi connectivity index (χ1) is 14.1. The Labute approximate surface area is 175 Å². The Balaban J connectivity index is 1.56. The molecule has 7 nitrogen and oxygen atoms in total. The highest BCUT2D eigenvalue weighted by Crippen LogP contribution is 2.35. The zero-order chi connectivity index (χ0) is 20.2. The summed E-state index contributed by atoms with van der Waals surface area (Å²) in [7, 11) is 0. The molecule has 0 aliphatic heterocycles. The van der Waals surface area contributed by atoms with E-state index in [-0.39, 0.29) is 11.2 Å². The Morgan fingerprint density at radius 2 is 1.97 bits per heavy atom. The van der Waals surface area contributed by atoms with Crippen molar-refractivity contribution in [3.8, 4) is 22.9 Å². The maximum atomic E-state index is 12.7. The van der Waals surface area contributed by atoms with Crippen molar-refractivity contribution in [1.29, 1.82) is 0 Å². The number of rotatable bonds is 7. The molecule has 1 atom stereocenters. The number of aromatic amines is 1. The molecule has 0 aliphatic rings. The molecule has 0 spiro atoms. The van der Waals surface area contributed by atoms with Crippen LogP contribution in [0.4, 0.5) is 5.82 Å². The van der Waals surface area contributed by atoms with Crippen LogP contribution in [-0.2, 0) is 4.79 Å². The van der Waals surface area contributed by atoms with E-state index >= 15 is 0 Å². The van der Waals surface area contributed by atoms with Crippen LogP contribution in [0.15, 0.2) is 69.1 Å². The summed E-state index contributed by atoms with van der Waals surface area (Å²) in [4.78, 5) is 24.7. The zero-order valence-electron chi connectivity index (χ0n) is 15.4. The number of thioether (sulfide) groups is 1. The molecule has 0 bridgehead atoms. The van der Waals surface area contributed by atoms with Crippen LogP contribution < -0.4 is 5.32 Å². The van der Waals surface area contributed by atoms with Crippen molar-refractivity contribution >= 4 is 35.1 Å². The van der Waals surface area contributed by atoms with Gasteiger partial charge in [0.1, 0.15) is 17.2 Å². The van der Waals surface area contributed by atoms with E-state index in [2.05, 4.69) is 20.3 Å². The first-order valence-corrected chi connectivity index (χ1v) is 10.2. The topological polar surface area (TPSA) is 97.0 Å². The van der Waals surface area contributed by atoms with Crippen LogP contribution in [0.3, 0.4) is 0 Å². The Morgan fingerprint density at radius 1 is 1.21 bits per heavy atom. The van der Waals surface area contributed by atoms with Gasteiger partial charge in [-0.15, -0.1) is 0 Å². The fourth-order valence-electron chi connectivity index (χ4n) is 2.71. The fourth-order valence-corrected chi connectivity index (χ4v) is 3.73. The molecular formula is C20H17ClN4O3S. The molecule has 0 saturated heterocycles. The molecule has 2 N–H and O–H groups in total. The lowest BCUT2D eigenvalue weighted by molar-refractivity contribution is -0.115. The van der Waals surface area contributed by atoms with Gasteiger partial charge in [0.2, 0.25) is 5.91 Å². The van der Waals surface area contributed by atoms with E-state index in [1.54, 1.807) is 36.8 Å². The van der Waals surface area contributed by atoms with Gasteiger partial charge in [-0.05, 0) is 42.8 Å². The summed E-state index contributed by atoms with van der Waals surface area (Å²) >= 11 is 7.17. The zero-order valence-corrected chi connectivity index (χ0v) is 17.0. The number of pyridine rings is 1. The third kappa shape index (κ3) is 4.38. The molecule has 29 heavy (non-hydrogen) atoms. The molecule has 4 aromatic rings. The van der Waals surface area contributed by atoms with Gasteiger partial charge < -0.3 is 19.1 Å². The quantitative estimate of drug-likeness (QED) is 0.378. The molecule has 4 heterocycles. The van der Waals surface area contributed by atoms with Gasteiger partial charge in [0.25, 0.3) is 0 Å². The number of amides is 1. The van der Waals surface area contributed by atoms with Gasteiger partial charge in [-0.3, -0.25) is 4.79 Å². The Bertz CT molecular complexity index is 1020. The average Bonchev–Trinajstić information content (AvgIpc) is 3.47. The van der Waals surface area contributed by atoms with Gasteiger partial charge in [-0.2, -0.15) is 0 Å². The highest BCUT2D eigenvalue weighted by Gasteiger charge is 2.24. The fraction of sp³-hybridized carbons (Fsp3) is 0.150. The van der Waals surface area contributed by atoms with Crippen molar-refractivity contribution in [1.82, 2.24) is 15.0 Å². The Hall–Kier alpha value is -2.97. The summed E-state index contributed by atoms with van der Waals surface area (Å²) in [5, 5.41) is 3.54.